The monoisotopic (exact) mass is 384 g/mol. The highest BCUT2D eigenvalue weighted by atomic mass is 16.3. The standard InChI is InChI=1S/C23H28O5/c1-12-7-15-17-8-13(2)23(28,19(27)11-24)22(17,4)10-18(26)20(15)21(3)6-5-14(25)9-16(12)21/h5-9,15,17-18,20,24,26,28H,10-11H2,1-4H3/t15-,17-,18?,20+,21-,22-,23-/m0/s1. The lowest BCUT2D eigenvalue weighted by Crippen LogP contribution is -2.62. The molecule has 0 radical (unpaired) electrons. The maximum atomic E-state index is 12.6. The van der Waals surface area contributed by atoms with Crippen LogP contribution in [0.25, 0.3) is 0 Å². The zero-order valence-corrected chi connectivity index (χ0v) is 16.8. The maximum Gasteiger partial charge on any atom is 0.194 e. The summed E-state index contributed by atoms with van der Waals surface area (Å²) in [7, 11) is 0. The third-order valence-corrected chi connectivity index (χ3v) is 8.01. The molecule has 1 unspecified atom stereocenters. The molecule has 3 N–H and O–H groups in total. The number of carbonyl (C=O) groups is 2. The molecule has 5 heteroatoms. The van der Waals surface area contributed by atoms with E-state index in [9.17, 15) is 24.9 Å². The van der Waals surface area contributed by atoms with Crippen LogP contribution in [0.3, 0.4) is 0 Å². The largest absolute Gasteiger partial charge is 0.393 e. The zero-order valence-electron chi connectivity index (χ0n) is 16.8. The highest BCUT2D eigenvalue weighted by molar-refractivity contribution is 6.02. The van der Waals surface area contributed by atoms with Gasteiger partial charge in [-0.2, -0.15) is 0 Å². The number of aliphatic hydroxyl groups excluding tert-OH is 2. The topological polar surface area (TPSA) is 94.8 Å². The fraction of sp³-hybridized carbons (Fsp3) is 0.565. The molecule has 0 aromatic heterocycles. The van der Waals surface area contributed by atoms with Crippen molar-refractivity contribution in [2.45, 2.75) is 45.8 Å². The van der Waals surface area contributed by atoms with Crippen molar-refractivity contribution in [3.8, 4) is 0 Å². The molecule has 28 heavy (non-hydrogen) atoms. The highest BCUT2D eigenvalue weighted by Crippen LogP contribution is 2.65. The number of Topliss-reactive ketones (excluding diaryl/α,β-unsaturated/α-hetero) is 1. The summed E-state index contributed by atoms with van der Waals surface area (Å²) in [6.45, 7) is 6.86. The summed E-state index contributed by atoms with van der Waals surface area (Å²) in [4.78, 5) is 24.5. The summed E-state index contributed by atoms with van der Waals surface area (Å²) in [5.74, 6) is -1.08. The number of rotatable bonds is 2. The Balaban J connectivity index is 1.89. The quantitative estimate of drug-likeness (QED) is 0.632. The normalized spacial score (nSPS) is 46.8. The molecule has 4 aliphatic carbocycles. The average Bonchev–Trinajstić information content (AvgIpc) is 2.83. The second kappa shape index (κ2) is 5.85. The Hall–Kier alpha value is -1.82. The average molecular weight is 384 g/mol. The van der Waals surface area contributed by atoms with Gasteiger partial charge in [-0.05, 0) is 55.4 Å². The highest BCUT2D eigenvalue weighted by Gasteiger charge is 2.67. The van der Waals surface area contributed by atoms with E-state index >= 15 is 0 Å². The minimum absolute atomic E-state index is 0.0478. The van der Waals surface area contributed by atoms with Crippen molar-refractivity contribution in [2.75, 3.05) is 6.61 Å². The van der Waals surface area contributed by atoms with Crippen molar-refractivity contribution >= 4 is 11.6 Å². The van der Waals surface area contributed by atoms with Gasteiger partial charge in [-0.25, -0.2) is 0 Å². The predicted octanol–water partition coefficient (Wildman–Crippen LogP) is 1.89. The summed E-state index contributed by atoms with van der Waals surface area (Å²) >= 11 is 0. The van der Waals surface area contributed by atoms with Crippen LogP contribution in [-0.4, -0.2) is 45.2 Å². The second-order valence-electron chi connectivity index (χ2n) is 9.39. The lowest BCUT2D eigenvalue weighted by atomic mass is 9.46. The van der Waals surface area contributed by atoms with Crippen LogP contribution in [0.2, 0.25) is 0 Å². The molecule has 7 atom stereocenters. The third-order valence-electron chi connectivity index (χ3n) is 8.01. The van der Waals surface area contributed by atoms with Crippen LogP contribution in [0.15, 0.2) is 47.1 Å². The Morgan fingerprint density at radius 1 is 1.25 bits per heavy atom. The van der Waals surface area contributed by atoms with Crippen molar-refractivity contribution in [3.05, 3.63) is 47.1 Å². The Morgan fingerprint density at radius 3 is 2.57 bits per heavy atom. The number of hydrogen-bond acceptors (Lipinski definition) is 5. The van der Waals surface area contributed by atoms with Gasteiger partial charge in [0.05, 0.1) is 6.10 Å². The van der Waals surface area contributed by atoms with Crippen LogP contribution in [0.4, 0.5) is 0 Å². The van der Waals surface area contributed by atoms with E-state index in [1.54, 1.807) is 19.1 Å². The minimum atomic E-state index is -1.78. The fourth-order valence-corrected chi connectivity index (χ4v) is 6.68. The summed E-state index contributed by atoms with van der Waals surface area (Å²) in [6.07, 6.45) is 8.66. The molecule has 0 aromatic carbocycles. The summed E-state index contributed by atoms with van der Waals surface area (Å²) < 4.78 is 0. The minimum Gasteiger partial charge on any atom is -0.393 e. The first-order chi connectivity index (χ1) is 13.0. The lowest BCUT2D eigenvalue weighted by Gasteiger charge is -2.58. The number of allylic oxidation sites excluding steroid dienone is 7. The van der Waals surface area contributed by atoms with Gasteiger partial charge in [0.25, 0.3) is 0 Å². The first-order valence-corrected chi connectivity index (χ1v) is 9.88. The summed E-state index contributed by atoms with van der Waals surface area (Å²) in [6, 6.07) is 0. The Labute approximate surface area is 165 Å². The van der Waals surface area contributed by atoms with Crippen molar-refractivity contribution in [2.24, 2.45) is 28.6 Å². The van der Waals surface area contributed by atoms with Crippen LogP contribution in [-0.2, 0) is 9.59 Å². The predicted molar refractivity (Wildman–Crippen MR) is 104 cm³/mol. The van der Waals surface area contributed by atoms with Gasteiger partial charge in [0.15, 0.2) is 17.2 Å². The van der Waals surface area contributed by atoms with E-state index in [0.717, 1.165) is 11.1 Å². The van der Waals surface area contributed by atoms with Gasteiger partial charge < -0.3 is 15.3 Å². The number of fused-ring (bicyclic) bond motifs is 5. The van der Waals surface area contributed by atoms with E-state index in [1.807, 2.05) is 26.0 Å². The summed E-state index contributed by atoms with van der Waals surface area (Å²) in [5.41, 5.74) is -0.701. The van der Waals surface area contributed by atoms with Crippen molar-refractivity contribution < 1.29 is 24.9 Å². The van der Waals surface area contributed by atoms with Crippen molar-refractivity contribution in [1.82, 2.24) is 0 Å². The van der Waals surface area contributed by atoms with E-state index in [4.69, 9.17) is 0 Å². The van der Waals surface area contributed by atoms with Crippen LogP contribution in [0, 0.1) is 28.6 Å². The van der Waals surface area contributed by atoms with Crippen LogP contribution in [0.5, 0.6) is 0 Å². The van der Waals surface area contributed by atoms with Gasteiger partial charge in [-0.1, -0.05) is 37.6 Å². The molecule has 0 heterocycles. The van der Waals surface area contributed by atoms with E-state index in [2.05, 4.69) is 13.0 Å². The van der Waals surface area contributed by atoms with Gasteiger partial charge in [0.2, 0.25) is 0 Å². The fourth-order valence-electron chi connectivity index (χ4n) is 6.68. The first kappa shape index (κ1) is 19.5. The molecule has 1 fully saturated rings. The molecular formula is C23H28O5. The SMILES string of the molecule is CC1=C[C@@H]2[C@H](C(O)C[C@@]3(C)[C@H]2C=C(C)[C@]3(O)C(=O)CO)[C@@]2(C)C=CC(=O)C=C12. The maximum absolute atomic E-state index is 12.6. The second-order valence-corrected chi connectivity index (χ2v) is 9.39. The molecule has 0 aliphatic heterocycles. The Bertz CT molecular complexity index is 893. The molecule has 0 aromatic rings. The van der Waals surface area contributed by atoms with E-state index in [-0.39, 0.29) is 30.0 Å². The van der Waals surface area contributed by atoms with Gasteiger partial charge in [-0.15, -0.1) is 0 Å². The lowest BCUT2D eigenvalue weighted by molar-refractivity contribution is -0.168. The number of hydrogen-bond donors (Lipinski definition) is 3. The number of carbonyl (C=O) groups excluding carboxylic acids is 2. The molecule has 0 amide bonds. The molecule has 4 rings (SSSR count). The molecule has 150 valence electrons. The smallest absolute Gasteiger partial charge is 0.194 e. The Morgan fingerprint density at radius 2 is 1.93 bits per heavy atom. The van der Waals surface area contributed by atoms with Crippen LogP contribution in [0.1, 0.15) is 34.1 Å². The van der Waals surface area contributed by atoms with E-state index in [0.29, 0.717) is 5.57 Å². The van der Waals surface area contributed by atoms with Crippen molar-refractivity contribution in [3.63, 3.8) is 0 Å². The van der Waals surface area contributed by atoms with Crippen molar-refractivity contribution in [1.29, 1.82) is 0 Å². The summed E-state index contributed by atoms with van der Waals surface area (Å²) in [5, 5.41) is 32.2. The van der Waals surface area contributed by atoms with E-state index < -0.39 is 34.9 Å². The van der Waals surface area contributed by atoms with Crippen LogP contribution < -0.4 is 0 Å². The zero-order chi connectivity index (χ0) is 20.6. The third kappa shape index (κ3) is 2.13. The molecule has 4 aliphatic rings. The molecule has 0 bridgehead atoms. The molecule has 1 saturated carbocycles. The molecule has 0 saturated heterocycles. The van der Waals surface area contributed by atoms with Gasteiger partial charge in [-0.3, -0.25) is 9.59 Å². The molecular weight excluding hydrogens is 356 g/mol. The Kier molecular flexibility index (Phi) is 4.07. The molecule has 0 spiro atoms. The number of aliphatic hydroxyl groups is 3. The van der Waals surface area contributed by atoms with Gasteiger partial charge in [0.1, 0.15) is 6.61 Å². The number of ketones is 2. The van der Waals surface area contributed by atoms with Gasteiger partial charge >= 0.3 is 0 Å². The van der Waals surface area contributed by atoms with E-state index in [1.165, 1.54) is 0 Å². The van der Waals surface area contributed by atoms with Crippen LogP contribution >= 0.6 is 0 Å². The molecule has 5 nitrogen and oxygen atoms in total. The van der Waals surface area contributed by atoms with Gasteiger partial charge in [0, 0.05) is 16.7 Å². The first-order valence-electron chi connectivity index (χ1n) is 9.88.